The third-order valence-electron chi connectivity index (χ3n) is 11.8. The summed E-state index contributed by atoms with van der Waals surface area (Å²) in [6.07, 6.45) is 7.81. The number of amides is 1. The summed E-state index contributed by atoms with van der Waals surface area (Å²) >= 11 is 0. The molecule has 320 valence electrons. The molecule has 1 amide bonds. The number of non-ortho nitro benzene ring substituents is 1. The van der Waals surface area contributed by atoms with Gasteiger partial charge in [0.1, 0.15) is 30.4 Å². The summed E-state index contributed by atoms with van der Waals surface area (Å²) in [7, 11) is 1.50. The van der Waals surface area contributed by atoms with Crippen molar-refractivity contribution in [2.45, 2.75) is 76.2 Å². The lowest BCUT2D eigenvalue weighted by atomic mass is 9.55. The van der Waals surface area contributed by atoms with E-state index >= 15 is 0 Å². The molecule has 6 atom stereocenters. The normalized spacial score (nSPS) is 24.0. The Balaban J connectivity index is 1.43. The van der Waals surface area contributed by atoms with Crippen LogP contribution in [0.1, 0.15) is 68.9 Å². The maximum atomic E-state index is 14.4. The van der Waals surface area contributed by atoms with Gasteiger partial charge in [0.25, 0.3) is 5.69 Å². The van der Waals surface area contributed by atoms with E-state index in [1.54, 1.807) is 36.1 Å². The molecule has 3 aromatic rings. The number of aliphatic hydroxyl groups is 2. The molecule has 0 saturated heterocycles. The molecule has 1 saturated carbocycles. The number of nitro benzene ring substituents is 1. The smallest absolute Gasteiger partial charge is 0.410 e. The number of rotatable bonds is 19. The predicted molar refractivity (Wildman–Crippen MR) is 220 cm³/mol. The van der Waals surface area contributed by atoms with Gasteiger partial charge in [0.15, 0.2) is 11.5 Å². The van der Waals surface area contributed by atoms with Gasteiger partial charge in [0.05, 0.1) is 35.8 Å². The topological polar surface area (TPSA) is 181 Å². The van der Waals surface area contributed by atoms with Gasteiger partial charge in [0.2, 0.25) is 12.6 Å². The number of nitro groups is 1. The Bertz CT molecular complexity index is 2090. The summed E-state index contributed by atoms with van der Waals surface area (Å²) in [6.45, 7) is 6.28. The van der Waals surface area contributed by atoms with Crippen molar-refractivity contribution in [2.75, 3.05) is 40.3 Å². The standard InChI is InChI=1S/C45H53N3O12/c1-4-21-58-45-41(47(44(51)55-5-2)27-29-15-17-39-40(22-29)57-28-56-39)26-37(46-54-3)35-23-30(11-6-8-19-49)34(14-7-9-20-50)42(43(35)45)36-25-33(16-18-38(36)60-45)59-32-13-10-12-31(24-32)48(52)53/h4,10,12-13,15-18,22-25,30,34,41-43,49-50H,1,5-9,11,14,19-21,26-28H2,2-3H3/t30-,34+,41-,42+,43+,45+/m0/s1. The fourth-order valence-corrected chi connectivity index (χ4v) is 9.36. The van der Waals surface area contributed by atoms with Crippen LogP contribution in [0.5, 0.6) is 28.7 Å². The van der Waals surface area contributed by atoms with Crippen LogP contribution in [-0.2, 0) is 20.9 Å². The van der Waals surface area contributed by atoms with Crippen LogP contribution in [0.3, 0.4) is 0 Å². The van der Waals surface area contributed by atoms with Gasteiger partial charge < -0.3 is 43.5 Å². The maximum Gasteiger partial charge on any atom is 0.410 e. The molecule has 0 spiro atoms. The summed E-state index contributed by atoms with van der Waals surface area (Å²) in [4.78, 5) is 32.7. The van der Waals surface area contributed by atoms with Gasteiger partial charge >= 0.3 is 6.09 Å². The highest BCUT2D eigenvalue weighted by Gasteiger charge is 2.65. The van der Waals surface area contributed by atoms with E-state index in [4.69, 9.17) is 33.3 Å². The van der Waals surface area contributed by atoms with Gasteiger partial charge in [0, 0.05) is 43.7 Å². The Kier molecular flexibility index (Phi) is 13.6. The van der Waals surface area contributed by atoms with Gasteiger partial charge in [-0.1, -0.05) is 42.3 Å². The van der Waals surface area contributed by atoms with Crippen molar-refractivity contribution in [3.05, 3.63) is 106 Å². The highest BCUT2D eigenvalue weighted by atomic mass is 16.7. The van der Waals surface area contributed by atoms with E-state index < -0.39 is 28.8 Å². The predicted octanol–water partition coefficient (Wildman–Crippen LogP) is 8.04. The van der Waals surface area contributed by atoms with E-state index in [-0.39, 0.29) is 69.6 Å². The first-order chi connectivity index (χ1) is 29.2. The summed E-state index contributed by atoms with van der Waals surface area (Å²) in [5.41, 5.74) is 3.01. The molecular formula is C45H53N3O12. The quantitative estimate of drug-likeness (QED) is 0.0515. The average Bonchev–Trinajstić information content (AvgIpc) is 3.72. The van der Waals surface area contributed by atoms with Crippen LogP contribution in [0, 0.1) is 27.9 Å². The molecule has 0 radical (unpaired) electrons. The van der Waals surface area contributed by atoms with Gasteiger partial charge in [-0.15, -0.1) is 6.58 Å². The van der Waals surface area contributed by atoms with E-state index in [9.17, 15) is 25.1 Å². The number of aliphatic hydroxyl groups excluding tert-OH is 2. The SMILES string of the molecule is C=CCO[C@@]12Oc3ccc(Oc4cccc([N+](=O)[O-])c4)cc3[C@H]3[C@H](CCCCO)[C@@H](CCCCO)C=C(C(=NOC)C[C@@H]1N(Cc1ccc4c(c1)OCO4)C(=O)OCC)[C@H]32. The number of benzene rings is 3. The number of allylic oxidation sites excluding steroid dienone is 1. The van der Waals surface area contributed by atoms with Crippen molar-refractivity contribution in [3.63, 3.8) is 0 Å². The second-order valence-corrected chi connectivity index (χ2v) is 15.3. The van der Waals surface area contributed by atoms with E-state index in [0.29, 0.717) is 47.3 Å². The molecular weight excluding hydrogens is 775 g/mol. The maximum absolute atomic E-state index is 14.4. The lowest BCUT2D eigenvalue weighted by Gasteiger charge is -2.59. The first-order valence-corrected chi connectivity index (χ1v) is 20.6. The molecule has 60 heavy (non-hydrogen) atoms. The van der Waals surface area contributed by atoms with Crippen LogP contribution in [0.4, 0.5) is 10.5 Å². The molecule has 2 aliphatic carbocycles. The van der Waals surface area contributed by atoms with Gasteiger partial charge in [-0.2, -0.15) is 0 Å². The number of fused-ring (bicyclic) bond motifs is 3. The molecule has 4 aliphatic rings. The lowest BCUT2D eigenvalue weighted by Crippen LogP contribution is -2.70. The zero-order valence-electron chi connectivity index (χ0n) is 34.0. The Morgan fingerprint density at radius 2 is 1.78 bits per heavy atom. The van der Waals surface area contributed by atoms with E-state index in [1.165, 1.54) is 19.2 Å². The zero-order chi connectivity index (χ0) is 42.2. The Morgan fingerprint density at radius 1 is 1.02 bits per heavy atom. The fraction of sp³-hybridized carbons (Fsp3) is 0.467. The molecule has 15 nitrogen and oxygen atoms in total. The van der Waals surface area contributed by atoms with Gasteiger partial charge in [-0.3, -0.25) is 15.0 Å². The number of oxime groups is 1. The van der Waals surface area contributed by atoms with Crippen LogP contribution in [0.2, 0.25) is 0 Å². The Hall–Kier alpha value is -5.64. The van der Waals surface area contributed by atoms with Crippen molar-refractivity contribution in [2.24, 2.45) is 22.9 Å². The number of hydrogen-bond donors (Lipinski definition) is 2. The molecule has 0 unspecified atom stereocenters. The van der Waals surface area contributed by atoms with Crippen molar-refractivity contribution >= 4 is 17.5 Å². The minimum absolute atomic E-state index is 0.0179. The van der Waals surface area contributed by atoms with Gasteiger partial charge in [-0.25, -0.2) is 4.79 Å². The Morgan fingerprint density at radius 3 is 2.53 bits per heavy atom. The average molecular weight is 828 g/mol. The van der Waals surface area contributed by atoms with Crippen LogP contribution in [0.25, 0.3) is 0 Å². The largest absolute Gasteiger partial charge is 0.459 e. The number of hydrogen-bond acceptors (Lipinski definition) is 13. The van der Waals surface area contributed by atoms with Crippen molar-refractivity contribution in [3.8, 4) is 28.7 Å². The summed E-state index contributed by atoms with van der Waals surface area (Å²) in [5.74, 6) is 0.0612. The van der Waals surface area contributed by atoms with E-state index in [1.807, 2.05) is 30.3 Å². The number of carbonyl (C=O) groups excluding carboxylic acids is 1. The first kappa shape index (κ1) is 42.5. The fourth-order valence-electron chi connectivity index (χ4n) is 9.36. The molecule has 15 heteroatoms. The van der Waals surface area contributed by atoms with Crippen LogP contribution < -0.4 is 18.9 Å². The van der Waals surface area contributed by atoms with Crippen molar-refractivity contribution in [1.29, 1.82) is 0 Å². The summed E-state index contributed by atoms with van der Waals surface area (Å²) in [5, 5.41) is 36.0. The van der Waals surface area contributed by atoms with E-state index in [0.717, 1.165) is 42.4 Å². The van der Waals surface area contributed by atoms with Crippen LogP contribution in [-0.4, -0.2) is 84.0 Å². The minimum atomic E-state index is -1.51. The molecule has 7 rings (SSSR count). The highest BCUT2D eigenvalue weighted by molar-refractivity contribution is 6.03. The zero-order valence-corrected chi connectivity index (χ0v) is 34.0. The second kappa shape index (κ2) is 19.2. The molecule has 2 aliphatic heterocycles. The second-order valence-electron chi connectivity index (χ2n) is 15.3. The van der Waals surface area contributed by atoms with Crippen LogP contribution in [0.15, 0.2) is 90.1 Å². The summed E-state index contributed by atoms with van der Waals surface area (Å²) in [6, 6.07) is 16.3. The molecule has 3 aromatic carbocycles. The van der Waals surface area contributed by atoms with Crippen LogP contribution >= 0.6 is 0 Å². The highest BCUT2D eigenvalue weighted by Crippen LogP contribution is 2.62. The molecule has 0 aromatic heterocycles. The summed E-state index contributed by atoms with van der Waals surface area (Å²) < 4.78 is 37.6. The monoisotopic (exact) mass is 827 g/mol. The molecule has 1 fully saturated rings. The number of nitrogens with zero attached hydrogens (tertiary/aromatic N) is 3. The number of ether oxygens (including phenoxy) is 6. The number of unbranched alkanes of at least 4 members (excludes halogenated alkanes) is 2. The Labute approximate surface area is 349 Å². The number of carbonyl (C=O) groups is 1. The minimum Gasteiger partial charge on any atom is -0.459 e. The van der Waals surface area contributed by atoms with Gasteiger partial charge in [-0.05, 0) is 92.0 Å². The van der Waals surface area contributed by atoms with E-state index in [2.05, 4.69) is 17.8 Å². The third-order valence-corrected chi connectivity index (χ3v) is 11.8. The third kappa shape index (κ3) is 8.65. The lowest BCUT2D eigenvalue weighted by molar-refractivity contribution is -0.384. The molecule has 0 bridgehead atoms. The first-order valence-electron chi connectivity index (χ1n) is 20.6. The molecule has 2 N–H and O–H groups in total. The van der Waals surface area contributed by atoms with Crippen molar-refractivity contribution < 1.29 is 53.2 Å². The van der Waals surface area contributed by atoms with Crippen molar-refractivity contribution in [1.82, 2.24) is 4.90 Å². The molecule has 2 heterocycles.